The van der Waals surface area contributed by atoms with Crippen molar-refractivity contribution in [2.24, 2.45) is 5.10 Å². The molecule has 0 unspecified atom stereocenters. The number of pyridine rings is 1. The number of hydrogen-bond donors (Lipinski definition) is 0. The molecule has 4 nitrogen and oxygen atoms in total. The molecule has 0 radical (unpaired) electrons. The normalized spacial score (nSPS) is 14.5. The van der Waals surface area contributed by atoms with Crippen LogP contribution in [0.25, 0.3) is 10.9 Å². The molecule has 0 amide bonds. The van der Waals surface area contributed by atoms with Gasteiger partial charge in [0.25, 0.3) is 0 Å². The van der Waals surface area contributed by atoms with Crippen LogP contribution in [0.4, 0.5) is 5.69 Å². The molecular weight excluding hydrogens is 214 g/mol. The van der Waals surface area contributed by atoms with E-state index < -0.39 is 0 Å². The number of aldehydes is 1. The molecule has 0 spiro atoms. The summed E-state index contributed by atoms with van der Waals surface area (Å²) in [5, 5.41) is 7.12. The van der Waals surface area contributed by atoms with Crippen LogP contribution in [0.2, 0.25) is 0 Å². The minimum absolute atomic E-state index is 0.586. The Labute approximate surface area is 98.6 Å². The molecule has 0 fully saturated rings. The molecule has 0 aliphatic carbocycles. The SMILES string of the molecule is O=Cc1cnc2ccccc2c1N1CCC=N1. The predicted octanol–water partition coefficient (Wildman–Crippen LogP) is 2.24. The largest absolute Gasteiger partial charge is 0.298 e. The second-order valence-electron chi connectivity index (χ2n) is 3.91. The van der Waals surface area contributed by atoms with E-state index in [0.29, 0.717) is 5.56 Å². The van der Waals surface area contributed by atoms with Crippen molar-refractivity contribution in [2.75, 3.05) is 11.6 Å². The van der Waals surface area contributed by atoms with Gasteiger partial charge in [-0.2, -0.15) is 5.10 Å². The summed E-state index contributed by atoms with van der Waals surface area (Å²) in [6, 6.07) is 7.79. The number of hydrogen-bond acceptors (Lipinski definition) is 4. The summed E-state index contributed by atoms with van der Waals surface area (Å²) in [5.74, 6) is 0. The number of fused-ring (bicyclic) bond motifs is 1. The van der Waals surface area contributed by atoms with Crippen LogP contribution in [-0.4, -0.2) is 24.0 Å². The van der Waals surface area contributed by atoms with Gasteiger partial charge in [0.1, 0.15) is 0 Å². The highest BCUT2D eigenvalue weighted by Crippen LogP contribution is 2.29. The van der Waals surface area contributed by atoms with Gasteiger partial charge in [-0.1, -0.05) is 18.2 Å². The lowest BCUT2D eigenvalue weighted by molar-refractivity contribution is 0.112. The number of carbonyl (C=O) groups is 1. The van der Waals surface area contributed by atoms with E-state index in [2.05, 4.69) is 10.1 Å². The van der Waals surface area contributed by atoms with Gasteiger partial charge in [0.05, 0.1) is 16.8 Å². The highest BCUT2D eigenvalue weighted by molar-refractivity contribution is 6.00. The van der Waals surface area contributed by atoms with Crippen LogP contribution in [0.1, 0.15) is 16.8 Å². The summed E-state index contributed by atoms with van der Waals surface area (Å²) in [5.41, 5.74) is 2.33. The van der Waals surface area contributed by atoms with Crippen LogP contribution >= 0.6 is 0 Å². The molecule has 4 heteroatoms. The monoisotopic (exact) mass is 225 g/mol. The number of carbonyl (C=O) groups excluding carboxylic acids is 1. The van der Waals surface area contributed by atoms with Gasteiger partial charge in [0.15, 0.2) is 6.29 Å². The molecule has 2 heterocycles. The smallest absolute Gasteiger partial charge is 0.153 e. The first-order valence-electron chi connectivity index (χ1n) is 5.53. The molecule has 0 saturated carbocycles. The quantitative estimate of drug-likeness (QED) is 0.736. The zero-order valence-corrected chi connectivity index (χ0v) is 9.21. The van der Waals surface area contributed by atoms with E-state index in [0.717, 1.165) is 35.8 Å². The second-order valence-corrected chi connectivity index (χ2v) is 3.91. The lowest BCUT2D eigenvalue weighted by Gasteiger charge is -2.17. The summed E-state index contributed by atoms with van der Waals surface area (Å²) >= 11 is 0. The number of para-hydroxylation sites is 1. The molecule has 0 atom stereocenters. The number of rotatable bonds is 2. The van der Waals surface area contributed by atoms with Crippen molar-refractivity contribution in [1.82, 2.24) is 4.98 Å². The van der Waals surface area contributed by atoms with Gasteiger partial charge in [-0.25, -0.2) is 0 Å². The van der Waals surface area contributed by atoms with Gasteiger partial charge in [0, 0.05) is 30.8 Å². The predicted molar refractivity (Wildman–Crippen MR) is 67.6 cm³/mol. The molecule has 1 aromatic heterocycles. The summed E-state index contributed by atoms with van der Waals surface area (Å²) < 4.78 is 0. The van der Waals surface area contributed by atoms with Crippen molar-refractivity contribution in [3.8, 4) is 0 Å². The molecule has 0 N–H and O–H groups in total. The Bertz CT molecular complexity index is 607. The Balaban J connectivity index is 2.30. The Morgan fingerprint density at radius 2 is 2.18 bits per heavy atom. The average Bonchev–Trinajstić information content (AvgIpc) is 2.91. The van der Waals surface area contributed by atoms with Crippen LogP contribution in [0.3, 0.4) is 0 Å². The van der Waals surface area contributed by atoms with Crippen molar-refractivity contribution in [2.45, 2.75) is 6.42 Å². The highest BCUT2D eigenvalue weighted by atomic mass is 16.1. The van der Waals surface area contributed by atoms with Crippen LogP contribution in [0, 0.1) is 0 Å². The van der Waals surface area contributed by atoms with Crippen molar-refractivity contribution in [3.63, 3.8) is 0 Å². The summed E-state index contributed by atoms with van der Waals surface area (Å²) in [4.78, 5) is 15.4. The Morgan fingerprint density at radius 1 is 1.29 bits per heavy atom. The minimum Gasteiger partial charge on any atom is -0.298 e. The van der Waals surface area contributed by atoms with Crippen LogP contribution in [0.15, 0.2) is 35.6 Å². The number of anilines is 1. The molecule has 1 aliphatic heterocycles. The van der Waals surface area contributed by atoms with Crippen molar-refractivity contribution < 1.29 is 4.79 Å². The molecular formula is C13H11N3O. The van der Waals surface area contributed by atoms with Crippen LogP contribution < -0.4 is 5.01 Å². The second kappa shape index (κ2) is 3.97. The first-order chi connectivity index (χ1) is 8.40. The van der Waals surface area contributed by atoms with Crippen molar-refractivity contribution in [3.05, 3.63) is 36.0 Å². The molecule has 2 aromatic rings. The Morgan fingerprint density at radius 3 is 2.94 bits per heavy atom. The van der Waals surface area contributed by atoms with E-state index in [9.17, 15) is 4.79 Å². The fraction of sp³-hybridized carbons (Fsp3) is 0.154. The van der Waals surface area contributed by atoms with Gasteiger partial charge in [-0.3, -0.25) is 14.8 Å². The number of benzene rings is 1. The third-order valence-electron chi connectivity index (χ3n) is 2.85. The maximum atomic E-state index is 11.1. The first-order valence-corrected chi connectivity index (χ1v) is 5.53. The van der Waals surface area contributed by atoms with Gasteiger partial charge in [-0.15, -0.1) is 0 Å². The van der Waals surface area contributed by atoms with E-state index in [-0.39, 0.29) is 0 Å². The van der Waals surface area contributed by atoms with Gasteiger partial charge < -0.3 is 0 Å². The molecule has 1 aromatic carbocycles. The maximum absolute atomic E-state index is 11.1. The summed E-state index contributed by atoms with van der Waals surface area (Å²) in [6.07, 6.45) is 5.22. The van der Waals surface area contributed by atoms with Crippen molar-refractivity contribution in [1.29, 1.82) is 0 Å². The van der Waals surface area contributed by atoms with Crippen LogP contribution in [0.5, 0.6) is 0 Å². The topological polar surface area (TPSA) is 45.6 Å². The lowest BCUT2D eigenvalue weighted by Crippen LogP contribution is -2.14. The zero-order chi connectivity index (χ0) is 11.7. The van der Waals surface area contributed by atoms with E-state index in [1.807, 2.05) is 35.5 Å². The molecule has 17 heavy (non-hydrogen) atoms. The third kappa shape index (κ3) is 1.58. The lowest BCUT2D eigenvalue weighted by atomic mass is 10.1. The zero-order valence-electron chi connectivity index (χ0n) is 9.21. The standard InChI is InChI=1S/C13H11N3O/c17-9-10-8-14-12-5-2-1-4-11(12)13(10)16-7-3-6-15-16/h1-2,4-6,8-9H,3,7H2. The average molecular weight is 225 g/mol. The number of hydrazone groups is 1. The molecule has 3 rings (SSSR count). The van der Waals surface area contributed by atoms with Gasteiger partial charge in [0.2, 0.25) is 0 Å². The summed E-state index contributed by atoms with van der Waals surface area (Å²) in [7, 11) is 0. The molecule has 0 bridgehead atoms. The fourth-order valence-electron chi connectivity index (χ4n) is 2.08. The molecule has 0 saturated heterocycles. The third-order valence-corrected chi connectivity index (χ3v) is 2.85. The van der Waals surface area contributed by atoms with Crippen LogP contribution in [-0.2, 0) is 0 Å². The number of aromatic nitrogens is 1. The molecule has 84 valence electrons. The number of nitrogens with zero attached hydrogens (tertiary/aromatic N) is 3. The van der Waals surface area contributed by atoms with E-state index in [4.69, 9.17) is 0 Å². The fourth-order valence-corrected chi connectivity index (χ4v) is 2.08. The van der Waals surface area contributed by atoms with E-state index >= 15 is 0 Å². The van der Waals surface area contributed by atoms with Crippen molar-refractivity contribution >= 4 is 29.1 Å². The Kier molecular flexibility index (Phi) is 2.33. The highest BCUT2D eigenvalue weighted by Gasteiger charge is 2.16. The summed E-state index contributed by atoms with van der Waals surface area (Å²) in [6.45, 7) is 0.814. The van der Waals surface area contributed by atoms with Gasteiger partial charge in [-0.05, 0) is 6.07 Å². The first kappa shape index (κ1) is 9.96. The maximum Gasteiger partial charge on any atom is 0.153 e. The van der Waals surface area contributed by atoms with Gasteiger partial charge >= 0.3 is 0 Å². The molecule has 1 aliphatic rings. The Hall–Kier alpha value is -2.23. The van der Waals surface area contributed by atoms with E-state index in [1.165, 1.54) is 0 Å². The minimum atomic E-state index is 0.586. The van der Waals surface area contributed by atoms with E-state index in [1.54, 1.807) is 6.20 Å².